The summed E-state index contributed by atoms with van der Waals surface area (Å²) in [5, 5.41) is 9.20. The molecule has 1 atom stereocenters. The van der Waals surface area contributed by atoms with Crippen molar-refractivity contribution >= 4 is 5.97 Å². The maximum atomic E-state index is 11.2. The van der Waals surface area contributed by atoms with Crippen LogP contribution in [0.15, 0.2) is 18.2 Å². The Labute approximate surface area is 100 Å². The van der Waals surface area contributed by atoms with Gasteiger partial charge >= 0.3 is 5.97 Å². The highest BCUT2D eigenvalue weighted by Gasteiger charge is 2.43. The van der Waals surface area contributed by atoms with Gasteiger partial charge in [-0.25, -0.2) is 0 Å². The van der Waals surface area contributed by atoms with E-state index in [1.54, 1.807) is 21.0 Å². The zero-order valence-corrected chi connectivity index (χ0v) is 10.2. The Morgan fingerprint density at radius 1 is 1.53 bits per heavy atom. The third-order valence-electron chi connectivity index (χ3n) is 3.32. The van der Waals surface area contributed by atoms with E-state index in [0.29, 0.717) is 6.42 Å². The molecule has 0 amide bonds. The molecule has 1 aromatic rings. The Balaban J connectivity index is 2.30. The summed E-state index contributed by atoms with van der Waals surface area (Å²) in [4.78, 5) is 11.2. The molecule has 1 aliphatic heterocycles. The van der Waals surface area contributed by atoms with E-state index in [2.05, 4.69) is 0 Å². The molecule has 1 aromatic carbocycles. The van der Waals surface area contributed by atoms with Crippen molar-refractivity contribution in [2.45, 2.75) is 26.4 Å². The monoisotopic (exact) mass is 236 g/mol. The molecule has 1 N–H and O–H groups in total. The quantitative estimate of drug-likeness (QED) is 0.873. The van der Waals surface area contributed by atoms with Crippen LogP contribution in [0.1, 0.15) is 19.4 Å². The van der Waals surface area contributed by atoms with Crippen LogP contribution >= 0.6 is 0 Å². The predicted molar refractivity (Wildman–Crippen MR) is 62.5 cm³/mol. The Morgan fingerprint density at radius 3 is 2.82 bits per heavy atom. The molecule has 0 aromatic heterocycles. The van der Waals surface area contributed by atoms with Crippen molar-refractivity contribution in [3.8, 4) is 11.5 Å². The molecule has 1 unspecified atom stereocenters. The Bertz CT molecular complexity index is 451. The van der Waals surface area contributed by atoms with E-state index in [9.17, 15) is 9.90 Å². The van der Waals surface area contributed by atoms with Gasteiger partial charge in [0, 0.05) is 12.0 Å². The molecule has 92 valence electrons. The second-order valence-electron chi connectivity index (χ2n) is 4.77. The number of fused-ring (bicyclic) bond motifs is 1. The lowest BCUT2D eigenvalue weighted by Gasteiger charge is -2.25. The number of hydrogen-bond acceptors (Lipinski definition) is 3. The zero-order valence-electron chi connectivity index (χ0n) is 10.2. The number of benzene rings is 1. The van der Waals surface area contributed by atoms with Gasteiger partial charge < -0.3 is 14.6 Å². The van der Waals surface area contributed by atoms with E-state index in [1.165, 1.54) is 0 Å². The molecule has 0 radical (unpaired) electrons. The third-order valence-corrected chi connectivity index (χ3v) is 3.32. The van der Waals surface area contributed by atoms with Gasteiger partial charge in [-0.3, -0.25) is 4.79 Å². The predicted octanol–water partition coefficient (Wildman–Crippen LogP) is 2.11. The van der Waals surface area contributed by atoms with Crippen molar-refractivity contribution in [2.75, 3.05) is 7.11 Å². The molecular formula is C13H16O4. The van der Waals surface area contributed by atoms with Crippen molar-refractivity contribution < 1.29 is 19.4 Å². The maximum absolute atomic E-state index is 11.2. The Hall–Kier alpha value is -1.71. The number of rotatable bonds is 3. The van der Waals surface area contributed by atoms with Crippen LogP contribution < -0.4 is 9.47 Å². The normalized spacial score (nSPS) is 18.4. The Morgan fingerprint density at radius 2 is 2.24 bits per heavy atom. The highest BCUT2D eigenvalue weighted by atomic mass is 16.5. The fourth-order valence-electron chi connectivity index (χ4n) is 1.97. The second kappa shape index (κ2) is 3.95. The van der Waals surface area contributed by atoms with Gasteiger partial charge in [0.05, 0.1) is 12.5 Å². The van der Waals surface area contributed by atoms with Crippen LogP contribution in [0.3, 0.4) is 0 Å². The van der Waals surface area contributed by atoms with E-state index in [1.807, 2.05) is 18.2 Å². The van der Waals surface area contributed by atoms with Gasteiger partial charge in [-0.1, -0.05) is 6.07 Å². The summed E-state index contributed by atoms with van der Waals surface area (Å²) in [5.74, 6) is 0.629. The lowest BCUT2D eigenvalue weighted by Crippen LogP contribution is -2.40. The molecule has 0 spiro atoms. The lowest BCUT2D eigenvalue weighted by molar-refractivity contribution is -0.151. The van der Waals surface area contributed by atoms with Gasteiger partial charge in [0.15, 0.2) is 0 Å². The largest absolute Gasteiger partial charge is 0.496 e. The van der Waals surface area contributed by atoms with Crippen LogP contribution in [-0.4, -0.2) is 24.3 Å². The van der Waals surface area contributed by atoms with Crippen LogP contribution in [-0.2, 0) is 11.2 Å². The number of carboxylic acids is 1. The maximum Gasteiger partial charge on any atom is 0.312 e. The van der Waals surface area contributed by atoms with Gasteiger partial charge in [-0.15, -0.1) is 0 Å². The summed E-state index contributed by atoms with van der Waals surface area (Å²) < 4.78 is 11.0. The number of carboxylic acid groups (broad SMARTS) is 1. The molecule has 0 fully saturated rings. The van der Waals surface area contributed by atoms with Crippen LogP contribution in [0.2, 0.25) is 0 Å². The first-order valence-electron chi connectivity index (χ1n) is 5.52. The highest BCUT2D eigenvalue weighted by molar-refractivity contribution is 5.75. The van der Waals surface area contributed by atoms with Crippen LogP contribution in [0.4, 0.5) is 0 Å². The smallest absolute Gasteiger partial charge is 0.312 e. The van der Waals surface area contributed by atoms with Gasteiger partial charge in [0.1, 0.15) is 17.6 Å². The first kappa shape index (κ1) is 11.8. The first-order valence-corrected chi connectivity index (χ1v) is 5.52. The summed E-state index contributed by atoms with van der Waals surface area (Å²) in [6.07, 6.45) is 0.213. The summed E-state index contributed by atoms with van der Waals surface area (Å²) >= 11 is 0. The SMILES string of the molecule is COc1cccc2c1CC(C(C)(C)C(=O)O)O2. The minimum Gasteiger partial charge on any atom is -0.496 e. The molecule has 4 heteroatoms. The number of methoxy groups -OCH3 is 1. The summed E-state index contributed by atoms with van der Waals surface area (Å²) in [7, 11) is 1.60. The van der Waals surface area contributed by atoms with Crippen LogP contribution in [0, 0.1) is 5.41 Å². The number of carbonyl (C=O) groups is 1. The van der Waals surface area contributed by atoms with E-state index in [-0.39, 0.29) is 6.10 Å². The third kappa shape index (κ3) is 1.84. The second-order valence-corrected chi connectivity index (χ2v) is 4.77. The minimum atomic E-state index is -0.913. The summed E-state index contributed by atoms with van der Waals surface area (Å²) in [6.45, 7) is 3.36. The number of aliphatic carboxylic acids is 1. The first-order chi connectivity index (χ1) is 7.96. The Kier molecular flexibility index (Phi) is 2.73. The van der Waals surface area contributed by atoms with E-state index >= 15 is 0 Å². The average Bonchev–Trinajstić information content (AvgIpc) is 2.72. The van der Waals surface area contributed by atoms with Gasteiger partial charge in [-0.2, -0.15) is 0 Å². The summed E-state index contributed by atoms with van der Waals surface area (Å²) in [5.41, 5.74) is 0.0404. The fraction of sp³-hybridized carbons (Fsp3) is 0.462. The zero-order chi connectivity index (χ0) is 12.6. The van der Waals surface area contributed by atoms with Gasteiger partial charge in [-0.05, 0) is 26.0 Å². The molecule has 2 rings (SSSR count). The molecule has 4 nitrogen and oxygen atoms in total. The van der Waals surface area contributed by atoms with Crippen molar-refractivity contribution in [1.82, 2.24) is 0 Å². The van der Waals surface area contributed by atoms with Crippen molar-refractivity contribution in [3.05, 3.63) is 23.8 Å². The number of ether oxygens (including phenoxy) is 2. The number of hydrogen-bond donors (Lipinski definition) is 1. The molecule has 0 saturated carbocycles. The van der Waals surface area contributed by atoms with Gasteiger partial charge in [0.2, 0.25) is 0 Å². The average molecular weight is 236 g/mol. The molecule has 0 bridgehead atoms. The standard InChI is InChI=1S/C13H16O4/c1-13(2,12(14)15)11-7-8-9(16-3)5-4-6-10(8)17-11/h4-6,11H,7H2,1-3H3,(H,14,15). The summed E-state index contributed by atoms with van der Waals surface area (Å²) in [6, 6.07) is 5.54. The van der Waals surface area contributed by atoms with E-state index in [4.69, 9.17) is 9.47 Å². The van der Waals surface area contributed by atoms with Crippen molar-refractivity contribution in [1.29, 1.82) is 0 Å². The topological polar surface area (TPSA) is 55.8 Å². The lowest BCUT2D eigenvalue weighted by atomic mass is 9.84. The molecule has 0 saturated heterocycles. The van der Waals surface area contributed by atoms with Crippen molar-refractivity contribution in [3.63, 3.8) is 0 Å². The fourth-order valence-corrected chi connectivity index (χ4v) is 1.97. The molecular weight excluding hydrogens is 220 g/mol. The molecule has 1 heterocycles. The molecule has 1 aliphatic rings. The van der Waals surface area contributed by atoms with E-state index in [0.717, 1.165) is 17.1 Å². The minimum absolute atomic E-state index is 0.355. The van der Waals surface area contributed by atoms with Crippen LogP contribution in [0.5, 0.6) is 11.5 Å². The van der Waals surface area contributed by atoms with E-state index < -0.39 is 11.4 Å². The molecule has 17 heavy (non-hydrogen) atoms. The van der Waals surface area contributed by atoms with Crippen LogP contribution in [0.25, 0.3) is 0 Å². The molecule has 0 aliphatic carbocycles. The van der Waals surface area contributed by atoms with Gasteiger partial charge in [0.25, 0.3) is 0 Å². The highest BCUT2D eigenvalue weighted by Crippen LogP contribution is 2.41. The van der Waals surface area contributed by atoms with Crippen molar-refractivity contribution in [2.24, 2.45) is 5.41 Å².